The van der Waals surface area contributed by atoms with Crippen molar-refractivity contribution in [3.63, 3.8) is 0 Å². The van der Waals surface area contributed by atoms with Crippen molar-refractivity contribution < 1.29 is 23.7 Å². The molecular weight excluding hydrogens is 266 g/mol. The van der Waals surface area contributed by atoms with Gasteiger partial charge in [-0.05, 0) is 0 Å². The number of aromatic nitrogens is 2. The van der Waals surface area contributed by atoms with Crippen LogP contribution in [0.25, 0.3) is 5.57 Å². The topological polar surface area (TPSA) is 98.0 Å². The van der Waals surface area contributed by atoms with E-state index in [0.717, 1.165) is 0 Å². The first-order chi connectivity index (χ1) is 9.74. The summed E-state index contributed by atoms with van der Waals surface area (Å²) in [5, 5.41) is 0. The van der Waals surface area contributed by atoms with Crippen molar-refractivity contribution in [1.29, 1.82) is 0 Å². The number of allylic oxidation sites excluding steroid dienone is 1. The van der Waals surface area contributed by atoms with Crippen molar-refractivity contribution >= 4 is 11.4 Å². The fraction of sp³-hybridized carbons (Fsp3) is 0.333. The predicted molar refractivity (Wildman–Crippen MR) is 67.5 cm³/mol. The molecule has 0 atom stereocenters. The van der Waals surface area contributed by atoms with Gasteiger partial charge in [-0.25, -0.2) is 0 Å². The van der Waals surface area contributed by atoms with Gasteiger partial charge >= 0.3 is 6.01 Å². The Hall–Kier alpha value is -2.64. The van der Waals surface area contributed by atoms with Crippen molar-refractivity contribution in [3.05, 3.63) is 23.3 Å². The van der Waals surface area contributed by atoms with E-state index < -0.39 is 0 Å². The van der Waals surface area contributed by atoms with Gasteiger partial charge in [0, 0.05) is 0 Å². The smallest absolute Gasteiger partial charge is 0.321 e. The molecule has 0 aliphatic carbocycles. The standard InChI is InChI=1S/C12H13N3O5/c1-16-11-8(10(13)14-12(15-11)17-2)6-3-18-4-7-9(6)20-5-19-7/h3H,4-5H2,1-2H3,(H2,13,14,15). The molecule has 3 rings (SSSR count). The minimum Gasteiger partial charge on any atom is -0.492 e. The Bertz CT molecular complexity index is 611. The SMILES string of the molecule is COc1nc(N)c(C2=COCC3=C2OCO3)c(OC)n1. The average molecular weight is 279 g/mol. The summed E-state index contributed by atoms with van der Waals surface area (Å²) in [5.41, 5.74) is 7.02. The van der Waals surface area contributed by atoms with Gasteiger partial charge in [0.1, 0.15) is 12.4 Å². The van der Waals surface area contributed by atoms with Crippen molar-refractivity contribution in [2.75, 3.05) is 33.4 Å². The van der Waals surface area contributed by atoms with Crippen LogP contribution in [-0.2, 0) is 14.2 Å². The number of hydrogen-bond donors (Lipinski definition) is 1. The second-order valence-corrected chi connectivity index (χ2v) is 3.98. The van der Waals surface area contributed by atoms with E-state index in [1.807, 2.05) is 0 Å². The molecule has 20 heavy (non-hydrogen) atoms. The molecule has 106 valence electrons. The maximum Gasteiger partial charge on any atom is 0.321 e. The summed E-state index contributed by atoms with van der Waals surface area (Å²) < 4.78 is 26.3. The summed E-state index contributed by atoms with van der Waals surface area (Å²) >= 11 is 0. The van der Waals surface area contributed by atoms with E-state index in [4.69, 9.17) is 29.4 Å². The highest BCUT2D eigenvalue weighted by atomic mass is 16.7. The van der Waals surface area contributed by atoms with Gasteiger partial charge in [-0.1, -0.05) is 0 Å². The van der Waals surface area contributed by atoms with Crippen LogP contribution in [0.5, 0.6) is 11.9 Å². The number of methoxy groups -OCH3 is 2. The third kappa shape index (κ3) is 1.85. The van der Waals surface area contributed by atoms with Crippen molar-refractivity contribution in [3.8, 4) is 11.9 Å². The first kappa shape index (κ1) is 12.4. The van der Waals surface area contributed by atoms with Gasteiger partial charge in [0.15, 0.2) is 11.5 Å². The highest BCUT2D eigenvalue weighted by Crippen LogP contribution is 2.40. The Morgan fingerprint density at radius 3 is 2.80 bits per heavy atom. The number of hydrogen-bond acceptors (Lipinski definition) is 8. The molecule has 0 bridgehead atoms. The van der Waals surface area contributed by atoms with Crippen LogP contribution in [0.1, 0.15) is 5.56 Å². The monoisotopic (exact) mass is 279 g/mol. The summed E-state index contributed by atoms with van der Waals surface area (Å²) in [6.45, 7) is 0.461. The van der Waals surface area contributed by atoms with Crippen molar-refractivity contribution in [1.82, 2.24) is 9.97 Å². The molecule has 0 amide bonds. The number of nitrogen functional groups attached to an aromatic ring is 1. The number of anilines is 1. The third-order valence-electron chi connectivity index (χ3n) is 2.88. The largest absolute Gasteiger partial charge is 0.492 e. The average Bonchev–Trinajstić information content (AvgIpc) is 2.94. The highest BCUT2D eigenvalue weighted by Gasteiger charge is 2.31. The summed E-state index contributed by atoms with van der Waals surface area (Å²) in [7, 11) is 2.93. The van der Waals surface area contributed by atoms with E-state index in [9.17, 15) is 0 Å². The zero-order valence-electron chi connectivity index (χ0n) is 11.0. The molecule has 1 aromatic heterocycles. The lowest BCUT2D eigenvalue weighted by Crippen LogP contribution is -2.10. The molecule has 2 aliphatic rings. The predicted octanol–water partition coefficient (Wildman–Crippen LogP) is 0.663. The van der Waals surface area contributed by atoms with E-state index in [1.165, 1.54) is 20.5 Å². The van der Waals surface area contributed by atoms with Gasteiger partial charge in [0.25, 0.3) is 0 Å². The molecule has 0 aromatic carbocycles. The lowest BCUT2D eigenvalue weighted by atomic mass is 10.1. The van der Waals surface area contributed by atoms with Crippen LogP contribution in [-0.4, -0.2) is 37.6 Å². The van der Waals surface area contributed by atoms with Gasteiger partial charge in [-0.3, -0.25) is 0 Å². The minimum atomic E-state index is 0.123. The minimum absolute atomic E-state index is 0.123. The molecule has 8 nitrogen and oxygen atoms in total. The van der Waals surface area contributed by atoms with E-state index in [2.05, 4.69) is 9.97 Å². The van der Waals surface area contributed by atoms with Gasteiger partial charge in [0.2, 0.25) is 12.7 Å². The highest BCUT2D eigenvalue weighted by molar-refractivity contribution is 5.85. The number of rotatable bonds is 3. The molecule has 8 heteroatoms. The zero-order valence-corrected chi connectivity index (χ0v) is 11.0. The molecule has 2 N–H and O–H groups in total. The van der Waals surface area contributed by atoms with Crippen LogP contribution in [0.2, 0.25) is 0 Å². The Labute approximate surface area is 114 Å². The molecule has 0 fully saturated rings. The Kier molecular flexibility index (Phi) is 2.97. The van der Waals surface area contributed by atoms with Gasteiger partial charge in [-0.2, -0.15) is 9.97 Å². The first-order valence-electron chi connectivity index (χ1n) is 5.81. The Morgan fingerprint density at radius 2 is 2.05 bits per heavy atom. The maximum atomic E-state index is 5.96. The van der Waals surface area contributed by atoms with Crippen LogP contribution in [0.4, 0.5) is 5.82 Å². The summed E-state index contributed by atoms with van der Waals surface area (Å²) in [6.07, 6.45) is 1.53. The van der Waals surface area contributed by atoms with E-state index >= 15 is 0 Å². The summed E-state index contributed by atoms with van der Waals surface area (Å²) in [6, 6.07) is 0.123. The van der Waals surface area contributed by atoms with Crippen LogP contribution in [0, 0.1) is 0 Å². The number of nitrogens with zero attached hydrogens (tertiary/aromatic N) is 2. The Balaban J connectivity index is 2.12. The molecular formula is C12H13N3O5. The van der Waals surface area contributed by atoms with Gasteiger partial charge in [-0.15, -0.1) is 0 Å². The lowest BCUT2D eigenvalue weighted by Gasteiger charge is -2.17. The second-order valence-electron chi connectivity index (χ2n) is 3.98. The zero-order chi connectivity index (χ0) is 14.1. The fourth-order valence-electron chi connectivity index (χ4n) is 2.00. The van der Waals surface area contributed by atoms with Gasteiger partial charge in [0.05, 0.1) is 31.6 Å². The second kappa shape index (κ2) is 4.80. The molecule has 1 aromatic rings. The number of ether oxygens (including phenoxy) is 5. The summed E-state index contributed by atoms with van der Waals surface area (Å²) in [5.74, 6) is 1.65. The van der Waals surface area contributed by atoms with Gasteiger partial charge < -0.3 is 29.4 Å². The van der Waals surface area contributed by atoms with Crippen LogP contribution in [0.3, 0.4) is 0 Å². The van der Waals surface area contributed by atoms with Crippen LogP contribution < -0.4 is 15.2 Å². The molecule has 0 spiro atoms. The Morgan fingerprint density at radius 1 is 1.20 bits per heavy atom. The normalized spacial score (nSPS) is 16.6. The van der Waals surface area contributed by atoms with E-state index in [1.54, 1.807) is 0 Å². The first-order valence-corrected chi connectivity index (χ1v) is 5.81. The fourth-order valence-corrected chi connectivity index (χ4v) is 2.00. The quantitative estimate of drug-likeness (QED) is 0.861. The molecule has 0 unspecified atom stereocenters. The van der Waals surface area contributed by atoms with Crippen LogP contribution in [0.15, 0.2) is 17.8 Å². The molecule has 0 saturated heterocycles. The van der Waals surface area contributed by atoms with Crippen molar-refractivity contribution in [2.24, 2.45) is 0 Å². The molecule has 3 heterocycles. The van der Waals surface area contributed by atoms with E-state index in [-0.39, 0.29) is 24.5 Å². The van der Waals surface area contributed by atoms with Crippen LogP contribution >= 0.6 is 0 Å². The van der Waals surface area contributed by atoms with E-state index in [0.29, 0.717) is 29.3 Å². The molecule has 2 aliphatic heterocycles. The third-order valence-corrected chi connectivity index (χ3v) is 2.88. The molecule has 0 saturated carbocycles. The number of nitrogens with two attached hydrogens (primary N) is 1. The molecule has 0 radical (unpaired) electrons. The van der Waals surface area contributed by atoms with Crippen molar-refractivity contribution in [2.45, 2.75) is 0 Å². The lowest BCUT2D eigenvalue weighted by molar-refractivity contribution is 0.0665. The maximum absolute atomic E-state index is 5.96. The summed E-state index contributed by atoms with van der Waals surface area (Å²) in [4.78, 5) is 8.15.